The molecule has 108 valence electrons. The number of Topliss-reactive ketones (excluding diaryl/α,β-unsaturated/α-hetero) is 2. The van der Waals surface area contributed by atoms with Crippen LogP contribution >= 0.6 is 0 Å². The largest absolute Gasteiger partial charge is 0.481 e. The Morgan fingerprint density at radius 1 is 1.20 bits per heavy atom. The summed E-state index contributed by atoms with van der Waals surface area (Å²) in [4.78, 5) is 35.9. The van der Waals surface area contributed by atoms with Gasteiger partial charge < -0.3 is 5.11 Å². The van der Waals surface area contributed by atoms with Gasteiger partial charge in [0.2, 0.25) is 0 Å². The number of allylic oxidation sites excluding steroid dienone is 5. The van der Waals surface area contributed by atoms with Crippen LogP contribution in [0.25, 0.3) is 0 Å². The molecule has 0 aromatic carbocycles. The highest BCUT2D eigenvalue weighted by molar-refractivity contribution is 6.25. The summed E-state index contributed by atoms with van der Waals surface area (Å²) in [6.07, 6.45) is 1.63. The number of aliphatic carboxylic acids is 1. The smallest absolute Gasteiger partial charge is 0.304 e. The van der Waals surface area contributed by atoms with Crippen LogP contribution in [0.15, 0.2) is 34.9 Å². The van der Waals surface area contributed by atoms with E-state index in [0.29, 0.717) is 22.3 Å². The molecule has 0 saturated heterocycles. The van der Waals surface area contributed by atoms with Crippen molar-refractivity contribution < 1.29 is 19.5 Å². The lowest BCUT2D eigenvalue weighted by Gasteiger charge is -2.31. The summed E-state index contributed by atoms with van der Waals surface area (Å²) in [6, 6.07) is 0. The van der Waals surface area contributed by atoms with E-state index < -0.39 is 11.4 Å². The summed E-state index contributed by atoms with van der Waals surface area (Å²) in [5, 5.41) is 9.01. The fourth-order valence-electron chi connectivity index (χ4n) is 2.53. The Morgan fingerprint density at radius 3 is 2.15 bits per heavy atom. The molecule has 0 aliphatic heterocycles. The zero-order valence-electron chi connectivity index (χ0n) is 12.4. The van der Waals surface area contributed by atoms with Crippen LogP contribution in [0.5, 0.6) is 0 Å². The first-order chi connectivity index (χ1) is 9.13. The maximum Gasteiger partial charge on any atom is 0.304 e. The van der Waals surface area contributed by atoms with E-state index in [1.165, 1.54) is 0 Å². The van der Waals surface area contributed by atoms with Crippen molar-refractivity contribution >= 4 is 17.5 Å². The van der Waals surface area contributed by atoms with Gasteiger partial charge in [0.15, 0.2) is 11.6 Å². The van der Waals surface area contributed by atoms with E-state index in [4.69, 9.17) is 5.11 Å². The molecule has 4 heteroatoms. The second kappa shape index (κ2) is 5.57. The molecule has 0 atom stereocenters. The lowest BCUT2D eigenvalue weighted by molar-refractivity contribution is -0.138. The average Bonchev–Trinajstić information content (AvgIpc) is 2.31. The Morgan fingerprint density at radius 2 is 1.70 bits per heavy atom. The summed E-state index contributed by atoms with van der Waals surface area (Å²) >= 11 is 0. The van der Waals surface area contributed by atoms with Gasteiger partial charge in [-0.25, -0.2) is 0 Å². The molecule has 4 nitrogen and oxygen atoms in total. The molecule has 0 bridgehead atoms. The van der Waals surface area contributed by atoms with Crippen LogP contribution in [-0.4, -0.2) is 22.6 Å². The van der Waals surface area contributed by atoms with Crippen LogP contribution in [0.2, 0.25) is 0 Å². The molecular formula is C16H20O4. The number of carbonyl (C=O) groups excluding carboxylic acids is 2. The number of hydrogen-bond donors (Lipinski definition) is 1. The maximum atomic E-state index is 12.5. The van der Waals surface area contributed by atoms with Crippen molar-refractivity contribution in [1.29, 1.82) is 0 Å². The molecule has 20 heavy (non-hydrogen) atoms. The van der Waals surface area contributed by atoms with E-state index >= 15 is 0 Å². The van der Waals surface area contributed by atoms with Gasteiger partial charge in [0.05, 0.1) is 6.42 Å². The number of hydrogen-bond acceptors (Lipinski definition) is 3. The SMILES string of the molecule is C=CCC1=C(C(C)(C)CC(=O)O)C(=O)C(C)=C(C)C1=O. The lowest BCUT2D eigenvalue weighted by Crippen LogP contribution is -2.32. The van der Waals surface area contributed by atoms with Crippen LogP contribution in [0, 0.1) is 5.41 Å². The Kier molecular flexibility index (Phi) is 4.48. The molecule has 0 heterocycles. The quantitative estimate of drug-likeness (QED) is 0.619. The maximum absolute atomic E-state index is 12.5. The molecule has 0 amide bonds. The number of carboxylic acids is 1. The van der Waals surface area contributed by atoms with Crippen molar-refractivity contribution in [2.24, 2.45) is 5.41 Å². The van der Waals surface area contributed by atoms with Gasteiger partial charge in [-0.05, 0) is 20.3 Å². The second-order valence-electron chi connectivity index (χ2n) is 5.71. The molecular weight excluding hydrogens is 256 g/mol. The molecule has 0 aromatic heterocycles. The van der Waals surface area contributed by atoms with Crippen molar-refractivity contribution in [2.75, 3.05) is 0 Å². The van der Waals surface area contributed by atoms with E-state index in [9.17, 15) is 14.4 Å². The minimum atomic E-state index is -0.996. The van der Waals surface area contributed by atoms with Crippen LogP contribution in [0.3, 0.4) is 0 Å². The van der Waals surface area contributed by atoms with E-state index in [1.54, 1.807) is 33.8 Å². The molecule has 0 spiro atoms. The van der Waals surface area contributed by atoms with E-state index in [-0.39, 0.29) is 24.4 Å². The van der Waals surface area contributed by atoms with Crippen molar-refractivity contribution in [3.05, 3.63) is 34.9 Å². The number of rotatable bonds is 5. The summed E-state index contributed by atoms with van der Waals surface area (Å²) in [6.45, 7) is 10.2. The van der Waals surface area contributed by atoms with Gasteiger partial charge in [-0.2, -0.15) is 0 Å². The Balaban J connectivity index is 3.49. The first kappa shape index (κ1) is 16.1. The monoisotopic (exact) mass is 276 g/mol. The van der Waals surface area contributed by atoms with Crippen LogP contribution < -0.4 is 0 Å². The summed E-state index contributed by atoms with van der Waals surface area (Å²) in [7, 11) is 0. The highest BCUT2D eigenvalue weighted by Gasteiger charge is 2.39. The number of ketones is 2. The highest BCUT2D eigenvalue weighted by Crippen LogP contribution is 2.39. The lowest BCUT2D eigenvalue weighted by atomic mass is 9.70. The Hall–Kier alpha value is -1.97. The number of carbonyl (C=O) groups is 3. The van der Waals surface area contributed by atoms with Crippen molar-refractivity contribution in [3.63, 3.8) is 0 Å². The standard InChI is InChI=1S/C16H20O4/c1-6-7-11-13(16(4,5)8-12(17)18)15(20)10(3)9(2)14(11)19/h6H,1,7-8H2,2-5H3,(H,17,18). The van der Waals surface area contributed by atoms with Crippen LogP contribution in [0.4, 0.5) is 0 Å². The molecule has 1 aliphatic carbocycles. The van der Waals surface area contributed by atoms with Crippen molar-refractivity contribution in [3.8, 4) is 0 Å². The molecule has 0 radical (unpaired) electrons. The third kappa shape index (κ3) is 2.79. The summed E-state index contributed by atoms with van der Waals surface area (Å²) in [5.41, 5.74) is 0.629. The van der Waals surface area contributed by atoms with Gasteiger partial charge in [-0.1, -0.05) is 19.9 Å². The first-order valence-electron chi connectivity index (χ1n) is 6.46. The molecule has 0 fully saturated rings. The minimum Gasteiger partial charge on any atom is -0.481 e. The normalized spacial score (nSPS) is 16.8. The average molecular weight is 276 g/mol. The molecule has 0 saturated carbocycles. The second-order valence-corrected chi connectivity index (χ2v) is 5.71. The minimum absolute atomic E-state index is 0.185. The van der Waals surface area contributed by atoms with Gasteiger partial charge in [-0.3, -0.25) is 14.4 Å². The van der Waals surface area contributed by atoms with Crippen LogP contribution in [-0.2, 0) is 14.4 Å². The number of carboxylic acid groups (broad SMARTS) is 1. The van der Waals surface area contributed by atoms with E-state index in [1.807, 2.05) is 0 Å². The van der Waals surface area contributed by atoms with Crippen molar-refractivity contribution in [1.82, 2.24) is 0 Å². The third-order valence-electron chi connectivity index (χ3n) is 3.67. The first-order valence-corrected chi connectivity index (χ1v) is 6.46. The molecule has 1 rings (SSSR count). The fraction of sp³-hybridized carbons (Fsp3) is 0.438. The van der Waals surface area contributed by atoms with Gasteiger partial charge in [-0.15, -0.1) is 6.58 Å². The van der Waals surface area contributed by atoms with Crippen molar-refractivity contribution in [2.45, 2.75) is 40.5 Å². The van der Waals surface area contributed by atoms with Gasteiger partial charge in [0.1, 0.15) is 0 Å². The summed E-state index contributed by atoms with van der Waals surface area (Å²) < 4.78 is 0. The molecule has 0 aromatic rings. The fourth-order valence-corrected chi connectivity index (χ4v) is 2.53. The van der Waals surface area contributed by atoms with Crippen LogP contribution in [0.1, 0.15) is 40.5 Å². The van der Waals surface area contributed by atoms with Gasteiger partial charge >= 0.3 is 5.97 Å². The topological polar surface area (TPSA) is 71.4 Å². The Bertz CT molecular complexity index is 559. The predicted molar refractivity (Wildman–Crippen MR) is 76.3 cm³/mol. The van der Waals surface area contributed by atoms with E-state index in [2.05, 4.69) is 6.58 Å². The third-order valence-corrected chi connectivity index (χ3v) is 3.67. The van der Waals surface area contributed by atoms with Gasteiger partial charge in [0, 0.05) is 27.7 Å². The molecule has 1 aliphatic rings. The molecule has 1 N–H and O–H groups in total. The van der Waals surface area contributed by atoms with E-state index in [0.717, 1.165) is 0 Å². The van der Waals surface area contributed by atoms with Gasteiger partial charge in [0.25, 0.3) is 0 Å². The zero-order valence-corrected chi connectivity index (χ0v) is 12.4. The highest BCUT2D eigenvalue weighted by atomic mass is 16.4. The molecule has 0 unspecified atom stereocenters. The Labute approximate surface area is 118 Å². The zero-order chi connectivity index (χ0) is 15.7. The predicted octanol–water partition coefficient (Wildman–Crippen LogP) is 2.85. The summed E-state index contributed by atoms with van der Waals surface area (Å²) in [5.74, 6) is -1.41.